The van der Waals surface area contributed by atoms with Gasteiger partial charge < -0.3 is 24.3 Å². The maximum atomic E-state index is 11.9. The van der Waals surface area contributed by atoms with Crippen LogP contribution in [0.25, 0.3) is 0 Å². The Hall–Kier alpha value is -4.00. The lowest BCUT2D eigenvalue weighted by Gasteiger charge is -2.09. The van der Waals surface area contributed by atoms with E-state index in [4.69, 9.17) is 18.9 Å². The van der Waals surface area contributed by atoms with Gasteiger partial charge in [0, 0.05) is 6.54 Å². The van der Waals surface area contributed by atoms with Crippen LogP contribution in [0.1, 0.15) is 11.1 Å². The Bertz CT molecular complexity index is 987. The van der Waals surface area contributed by atoms with Crippen molar-refractivity contribution in [3.05, 3.63) is 90.0 Å². The van der Waals surface area contributed by atoms with Crippen molar-refractivity contribution in [1.29, 1.82) is 0 Å². The van der Waals surface area contributed by atoms with E-state index < -0.39 is 11.9 Å². The third-order valence-electron chi connectivity index (χ3n) is 4.44. The second kappa shape index (κ2) is 12.0. The van der Waals surface area contributed by atoms with Crippen LogP contribution in [0.5, 0.6) is 17.2 Å². The van der Waals surface area contributed by atoms with Crippen molar-refractivity contribution in [3.8, 4) is 17.2 Å². The van der Waals surface area contributed by atoms with Crippen molar-refractivity contribution < 1.29 is 28.5 Å². The molecule has 7 heteroatoms. The molecule has 0 aliphatic rings. The minimum Gasteiger partial charge on any atom is -0.497 e. The number of esters is 1. The van der Waals surface area contributed by atoms with Crippen molar-refractivity contribution in [2.75, 3.05) is 20.3 Å². The normalized spacial score (nSPS) is 10.2. The molecule has 0 bridgehead atoms. The molecular weight excluding hydrogens is 410 g/mol. The average Bonchev–Trinajstić information content (AvgIpc) is 2.85. The largest absolute Gasteiger partial charge is 0.497 e. The Balaban J connectivity index is 1.32. The smallest absolute Gasteiger partial charge is 0.344 e. The lowest BCUT2D eigenvalue weighted by molar-refractivity contribution is -0.150. The van der Waals surface area contributed by atoms with Gasteiger partial charge in [-0.3, -0.25) is 4.79 Å². The molecule has 0 aliphatic heterocycles. The molecule has 0 heterocycles. The predicted octanol–water partition coefficient (Wildman–Crippen LogP) is 3.51. The number of methoxy groups -OCH3 is 1. The third kappa shape index (κ3) is 7.68. The summed E-state index contributed by atoms with van der Waals surface area (Å²) in [7, 11) is 1.59. The van der Waals surface area contributed by atoms with Crippen LogP contribution in [-0.4, -0.2) is 32.2 Å². The van der Waals surface area contributed by atoms with Crippen LogP contribution in [0.15, 0.2) is 78.9 Å². The van der Waals surface area contributed by atoms with Crippen LogP contribution >= 0.6 is 0 Å². The maximum absolute atomic E-state index is 11.9. The van der Waals surface area contributed by atoms with Crippen LogP contribution in [0.4, 0.5) is 0 Å². The van der Waals surface area contributed by atoms with Gasteiger partial charge in [0.1, 0.15) is 23.9 Å². The van der Waals surface area contributed by atoms with Crippen molar-refractivity contribution in [1.82, 2.24) is 5.32 Å². The van der Waals surface area contributed by atoms with E-state index in [0.29, 0.717) is 24.7 Å². The number of amides is 1. The van der Waals surface area contributed by atoms with Crippen LogP contribution in [0.2, 0.25) is 0 Å². The molecule has 3 aromatic carbocycles. The Kier molecular flexibility index (Phi) is 8.50. The molecule has 0 aromatic heterocycles. The standard InChI is InChI=1S/C25H25NO6/c1-29-21-9-7-19(8-10-21)15-26-24(27)17-32-25(28)18-31-23-13-11-22(12-14-23)30-16-20-5-3-2-4-6-20/h2-14H,15-18H2,1H3,(H,26,27). The van der Waals surface area contributed by atoms with Gasteiger partial charge in [0.15, 0.2) is 13.2 Å². The molecule has 0 atom stereocenters. The quantitative estimate of drug-likeness (QED) is 0.464. The van der Waals surface area contributed by atoms with Crippen molar-refractivity contribution in [2.24, 2.45) is 0 Å². The first-order chi connectivity index (χ1) is 15.6. The zero-order chi connectivity index (χ0) is 22.6. The van der Waals surface area contributed by atoms with E-state index in [1.54, 1.807) is 43.5 Å². The number of nitrogens with one attached hydrogen (secondary N) is 1. The van der Waals surface area contributed by atoms with E-state index in [-0.39, 0.29) is 13.2 Å². The zero-order valence-corrected chi connectivity index (χ0v) is 17.8. The number of carbonyl (C=O) groups excluding carboxylic acids is 2. The van der Waals surface area contributed by atoms with Crippen LogP contribution in [-0.2, 0) is 27.5 Å². The Morgan fingerprint density at radius 1 is 0.719 bits per heavy atom. The van der Waals surface area contributed by atoms with Gasteiger partial charge in [0.25, 0.3) is 5.91 Å². The molecule has 0 saturated heterocycles. The van der Waals surface area contributed by atoms with Crippen LogP contribution in [0, 0.1) is 0 Å². The van der Waals surface area contributed by atoms with Crippen LogP contribution in [0.3, 0.4) is 0 Å². The topological polar surface area (TPSA) is 83.1 Å². The number of carbonyl (C=O) groups is 2. The lowest BCUT2D eigenvalue weighted by Crippen LogP contribution is -2.29. The fourth-order valence-electron chi connectivity index (χ4n) is 2.70. The molecule has 1 amide bonds. The highest BCUT2D eigenvalue weighted by molar-refractivity contribution is 5.80. The van der Waals surface area contributed by atoms with Gasteiger partial charge in [-0.25, -0.2) is 4.79 Å². The van der Waals surface area contributed by atoms with Gasteiger partial charge in [-0.1, -0.05) is 42.5 Å². The van der Waals surface area contributed by atoms with E-state index in [0.717, 1.165) is 16.9 Å². The van der Waals surface area contributed by atoms with Crippen LogP contribution < -0.4 is 19.5 Å². The second-order valence-corrected chi connectivity index (χ2v) is 6.82. The molecule has 0 aliphatic carbocycles. The first-order valence-electron chi connectivity index (χ1n) is 10.1. The summed E-state index contributed by atoms with van der Waals surface area (Å²) in [4.78, 5) is 23.7. The third-order valence-corrected chi connectivity index (χ3v) is 4.44. The number of hydrogen-bond donors (Lipinski definition) is 1. The lowest BCUT2D eigenvalue weighted by atomic mass is 10.2. The van der Waals surface area contributed by atoms with E-state index in [9.17, 15) is 9.59 Å². The summed E-state index contributed by atoms with van der Waals surface area (Å²) in [6, 6.07) is 24.1. The fraction of sp³-hybridized carbons (Fsp3) is 0.200. The van der Waals surface area contributed by atoms with Crippen molar-refractivity contribution >= 4 is 11.9 Å². The molecule has 3 rings (SSSR count). The zero-order valence-electron chi connectivity index (χ0n) is 17.8. The van der Waals surface area contributed by atoms with Gasteiger partial charge in [-0.2, -0.15) is 0 Å². The highest BCUT2D eigenvalue weighted by atomic mass is 16.6. The average molecular weight is 435 g/mol. The van der Waals surface area contributed by atoms with E-state index >= 15 is 0 Å². The highest BCUT2D eigenvalue weighted by Crippen LogP contribution is 2.18. The molecule has 0 radical (unpaired) electrons. The number of rotatable bonds is 11. The highest BCUT2D eigenvalue weighted by Gasteiger charge is 2.09. The predicted molar refractivity (Wildman–Crippen MR) is 119 cm³/mol. The summed E-state index contributed by atoms with van der Waals surface area (Å²) in [6.45, 7) is 0.129. The molecule has 0 saturated carbocycles. The minimum atomic E-state index is -0.631. The van der Waals surface area contributed by atoms with Gasteiger partial charge in [-0.05, 0) is 47.5 Å². The molecule has 0 unspecified atom stereocenters. The monoisotopic (exact) mass is 435 g/mol. The Labute approximate surface area is 186 Å². The maximum Gasteiger partial charge on any atom is 0.344 e. The molecule has 7 nitrogen and oxygen atoms in total. The summed E-state index contributed by atoms with van der Waals surface area (Å²) in [5.74, 6) is 0.904. The molecule has 32 heavy (non-hydrogen) atoms. The summed E-state index contributed by atoms with van der Waals surface area (Å²) in [5, 5.41) is 2.68. The van der Waals surface area contributed by atoms with Gasteiger partial charge in [0.05, 0.1) is 7.11 Å². The number of hydrogen-bond acceptors (Lipinski definition) is 6. The van der Waals surface area contributed by atoms with E-state index in [2.05, 4.69) is 5.32 Å². The molecule has 1 N–H and O–H groups in total. The SMILES string of the molecule is COc1ccc(CNC(=O)COC(=O)COc2ccc(OCc3ccccc3)cc2)cc1. The molecular formula is C25H25NO6. The van der Waals surface area contributed by atoms with Gasteiger partial charge in [-0.15, -0.1) is 0 Å². The summed E-state index contributed by atoms with van der Waals surface area (Å²) < 4.78 is 21.1. The van der Waals surface area contributed by atoms with Crippen molar-refractivity contribution in [2.45, 2.75) is 13.2 Å². The van der Waals surface area contributed by atoms with Crippen molar-refractivity contribution in [3.63, 3.8) is 0 Å². The summed E-state index contributed by atoms with van der Waals surface area (Å²) in [5.41, 5.74) is 1.98. The van der Waals surface area contributed by atoms with Gasteiger partial charge >= 0.3 is 5.97 Å². The second-order valence-electron chi connectivity index (χ2n) is 6.82. The molecule has 3 aromatic rings. The number of ether oxygens (including phenoxy) is 4. The summed E-state index contributed by atoms with van der Waals surface area (Å²) in [6.07, 6.45) is 0. The summed E-state index contributed by atoms with van der Waals surface area (Å²) >= 11 is 0. The molecule has 166 valence electrons. The van der Waals surface area contributed by atoms with Gasteiger partial charge in [0.2, 0.25) is 0 Å². The Morgan fingerprint density at radius 2 is 1.34 bits per heavy atom. The molecule has 0 spiro atoms. The first-order valence-corrected chi connectivity index (χ1v) is 10.1. The fourth-order valence-corrected chi connectivity index (χ4v) is 2.70. The minimum absolute atomic E-state index is 0.296. The van der Waals surface area contributed by atoms with E-state index in [1.165, 1.54) is 0 Å². The van der Waals surface area contributed by atoms with E-state index in [1.807, 2.05) is 42.5 Å². The molecule has 0 fully saturated rings. The Morgan fingerprint density at radius 3 is 2.00 bits per heavy atom. The first kappa shape index (κ1) is 22.7. The number of benzene rings is 3.